The molecule has 2 amide bonds. The number of rotatable bonds is 4. The molecule has 0 bridgehead atoms. The molecule has 1 aromatic carbocycles. The zero-order valence-electron chi connectivity index (χ0n) is 12.1. The van der Waals surface area contributed by atoms with Crippen molar-refractivity contribution < 1.29 is 9.53 Å². The molecule has 0 atom stereocenters. The summed E-state index contributed by atoms with van der Waals surface area (Å²) in [5.74, 6) is 0.924. The molecule has 4 nitrogen and oxygen atoms in total. The van der Waals surface area contributed by atoms with Gasteiger partial charge in [0.05, 0.1) is 0 Å². The summed E-state index contributed by atoms with van der Waals surface area (Å²) in [6.45, 7) is 4.14. The Morgan fingerprint density at radius 1 is 1.45 bits per heavy atom. The van der Waals surface area contributed by atoms with Crippen molar-refractivity contribution in [3.05, 3.63) is 24.3 Å². The van der Waals surface area contributed by atoms with E-state index in [2.05, 4.69) is 23.7 Å². The third-order valence-electron chi connectivity index (χ3n) is 3.40. The number of ether oxygens (including phenoxy) is 1. The van der Waals surface area contributed by atoms with Gasteiger partial charge in [-0.1, -0.05) is 6.07 Å². The van der Waals surface area contributed by atoms with Crippen LogP contribution in [0.25, 0.3) is 0 Å². The van der Waals surface area contributed by atoms with Gasteiger partial charge in [0.2, 0.25) is 0 Å². The van der Waals surface area contributed by atoms with Crippen molar-refractivity contribution in [1.82, 2.24) is 10.2 Å². The number of carbonyl (C=O) groups excluding carboxylic acids is 1. The normalized spacial score (nSPS) is 16.0. The fourth-order valence-electron chi connectivity index (χ4n) is 2.31. The standard InChI is InChI=1S/C15H22N2O2S/c1-3-16-15(18)17-9-7-12(8-10-17)19-13-5-4-6-14(11-13)20-2/h4-6,11-12H,3,7-10H2,1-2H3,(H,16,18). The van der Waals surface area contributed by atoms with E-state index in [4.69, 9.17) is 4.74 Å². The Labute approximate surface area is 124 Å². The van der Waals surface area contributed by atoms with Crippen molar-refractivity contribution in [2.24, 2.45) is 0 Å². The number of piperidine rings is 1. The maximum atomic E-state index is 11.7. The van der Waals surface area contributed by atoms with Crippen LogP contribution in [-0.4, -0.2) is 42.9 Å². The maximum absolute atomic E-state index is 11.7. The van der Waals surface area contributed by atoms with Crippen molar-refractivity contribution in [2.75, 3.05) is 25.9 Å². The van der Waals surface area contributed by atoms with Crippen LogP contribution in [0.2, 0.25) is 0 Å². The predicted octanol–water partition coefficient (Wildman–Crippen LogP) is 2.98. The summed E-state index contributed by atoms with van der Waals surface area (Å²) in [4.78, 5) is 14.8. The minimum Gasteiger partial charge on any atom is -0.490 e. The molecule has 0 radical (unpaired) electrons. The first-order chi connectivity index (χ1) is 9.72. The predicted molar refractivity (Wildman–Crippen MR) is 82.5 cm³/mol. The first-order valence-corrected chi connectivity index (χ1v) is 8.29. The van der Waals surface area contributed by atoms with Gasteiger partial charge in [0.15, 0.2) is 0 Å². The second-order valence-electron chi connectivity index (χ2n) is 4.82. The molecule has 0 unspecified atom stereocenters. The van der Waals surface area contributed by atoms with E-state index in [0.717, 1.165) is 31.7 Å². The van der Waals surface area contributed by atoms with Gasteiger partial charge in [0.25, 0.3) is 0 Å². The smallest absolute Gasteiger partial charge is 0.317 e. The first kappa shape index (κ1) is 15.0. The molecule has 1 heterocycles. The van der Waals surface area contributed by atoms with Crippen molar-refractivity contribution in [3.63, 3.8) is 0 Å². The van der Waals surface area contributed by atoms with Crippen LogP contribution in [0.3, 0.4) is 0 Å². The Bertz CT molecular complexity index is 445. The number of nitrogens with one attached hydrogen (secondary N) is 1. The molecule has 1 saturated heterocycles. The number of carbonyl (C=O) groups is 1. The summed E-state index contributed by atoms with van der Waals surface area (Å²) >= 11 is 1.71. The van der Waals surface area contributed by atoms with Crippen LogP contribution in [0.4, 0.5) is 4.79 Å². The average Bonchev–Trinajstić information content (AvgIpc) is 2.48. The molecule has 110 valence electrons. The van der Waals surface area contributed by atoms with Gasteiger partial charge in [-0.2, -0.15) is 0 Å². The van der Waals surface area contributed by atoms with Gasteiger partial charge in [-0.25, -0.2) is 4.79 Å². The lowest BCUT2D eigenvalue weighted by molar-refractivity contribution is 0.111. The molecule has 0 aromatic heterocycles. The van der Waals surface area contributed by atoms with Gasteiger partial charge in [-0.15, -0.1) is 11.8 Å². The van der Waals surface area contributed by atoms with Gasteiger partial charge in [-0.05, 0) is 31.4 Å². The van der Waals surface area contributed by atoms with Crippen LogP contribution in [0, 0.1) is 0 Å². The highest BCUT2D eigenvalue weighted by atomic mass is 32.2. The van der Waals surface area contributed by atoms with Crippen LogP contribution in [0.1, 0.15) is 19.8 Å². The van der Waals surface area contributed by atoms with E-state index in [1.54, 1.807) is 11.8 Å². The molecule has 5 heteroatoms. The van der Waals surface area contributed by atoms with E-state index in [1.165, 1.54) is 4.90 Å². The highest BCUT2D eigenvalue weighted by Crippen LogP contribution is 2.24. The Morgan fingerprint density at radius 3 is 2.85 bits per heavy atom. The largest absolute Gasteiger partial charge is 0.490 e. The van der Waals surface area contributed by atoms with E-state index in [1.807, 2.05) is 24.0 Å². The summed E-state index contributed by atoms with van der Waals surface area (Å²) in [6, 6.07) is 8.20. The molecule has 1 fully saturated rings. The summed E-state index contributed by atoms with van der Waals surface area (Å²) < 4.78 is 6.01. The minimum absolute atomic E-state index is 0.0373. The second-order valence-corrected chi connectivity index (χ2v) is 5.70. The number of hydrogen-bond donors (Lipinski definition) is 1. The van der Waals surface area contributed by atoms with Crippen LogP contribution in [-0.2, 0) is 0 Å². The molecular formula is C15H22N2O2S. The van der Waals surface area contributed by atoms with Crippen molar-refractivity contribution in [1.29, 1.82) is 0 Å². The quantitative estimate of drug-likeness (QED) is 0.868. The number of thioether (sulfide) groups is 1. The Hall–Kier alpha value is -1.36. The fourth-order valence-corrected chi connectivity index (χ4v) is 2.76. The Balaban J connectivity index is 1.83. The second kappa shape index (κ2) is 7.43. The van der Waals surface area contributed by atoms with Gasteiger partial charge in [-0.3, -0.25) is 0 Å². The van der Waals surface area contributed by atoms with E-state index < -0.39 is 0 Å². The average molecular weight is 294 g/mol. The van der Waals surface area contributed by atoms with Crippen LogP contribution in [0.5, 0.6) is 5.75 Å². The van der Waals surface area contributed by atoms with Gasteiger partial charge < -0.3 is 15.0 Å². The molecule has 1 aliphatic rings. The summed E-state index contributed by atoms with van der Waals surface area (Å²) in [6.07, 6.45) is 4.04. The molecule has 1 aromatic rings. The van der Waals surface area contributed by atoms with E-state index in [-0.39, 0.29) is 12.1 Å². The summed E-state index contributed by atoms with van der Waals surface area (Å²) in [5.41, 5.74) is 0. The molecule has 1 aliphatic heterocycles. The van der Waals surface area contributed by atoms with Crippen LogP contribution < -0.4 is 10.1 Å². The highest BCUT2D eigenvalue weighted by Gasteiger charge is 2.23. The number of hydrogen-bond acceptors (Lipinski definition) is 3. The monoisotopic (exact) mass is 294 g/mol. The summed E-state index contributed by atoms with van der Waals surface area (Å²) in [7, 11) is 0. The number of nitrogens with zero attached hydrogens (tertiary/aromatic N) is 1. The van der Waals surface area contributed by atoms with E-state index in [0.29, 0.717) is 6.54 Å². The fraction of sp³-hybridized carbons (Fsp3) is 0.533. The molecule has 20 heavy (non-hydrogen) atoms. The summed E-state index contributed by atoms with van der Waals surface area (Å²) in [5, 5.41) is 2.84. The van der Waals surface area contributed by atoms with Gasteiger partial charge >= 0.3 is 6.03 Å². The zero-order chi connectivity index (χ0) is 14.4. The molecule has 1 N–H and O–H groups in total. The van der Waals surface area contributed by atoms with E-state index in [9.17, 15) is 4.79 Å². The van der Waals surface area contributed by atoms with Crippen molar-refractivity contribution in [2.45, 2.75) is 30.8 Å². The third kappa shape index (κ3) is 4.07. The van der Waals surface area contributed by atoms with Crippen LogP contribution >= 0.6 is 11.8 Å². The SMILES string of the molecule is CCNC(=O)N1CCC(Oc2cccc(SC)c2)CC1. The van der Waals surface area contributed by atoms with Crippen molar-refractivity contribution in [3.8, 4) is 5.75 Å². The third-order valence-corrected chi connectivity index (χ3v) is 4.13. The van der Waals surface area contributed by atoms with Crippen LogP contribution in [0.15, 0.2) is 29.2 Å². The first-order valence-electron chi connectivity index (χ1n) is 7.06. The lowest BCUT2D eigenvalue weighted by Gasteiger charge is -2.32. The lowest BCUT2D eigenvalue weighted by atomic mass is 10.1. The molecular weight excluding hydrogens is 272 g/mol. The molecule has 2 rings (SSSR count). The number of likely N-dealkylation sites (tertiary alicyclic amines) is 1. The number of benzene rings is 1. The van der Waals surface area contributed by atoms with Gasteiger partial charge in [0, 0.05) is 37.4 Å². The Morgan fingerprint density at radius 2 is 2.20 bits per heavy atom. The van der Waals surface area contributed by atoms with Gasteiger partial charge in [0.1, 0.15) is 11.9 Å². The molecule has 0 spiro atoms. The van der Waals surface area contributed by atoms with Crippen molar-refractivity contribution >= 4 is 17.8 Å². The lowest BCUT2D eigenvalue weighted by Crippen LogP contribution is -2.46. The molecule has 0 aliphatic carbocycles. The zero-order valence-corrected chi connectivity index (χ0v) is 12.9. The molecule has 0 saturated carbocycles. The number of urea groups is 1. The maximum Gasteiger partial charge on any atom is 0.317 e. The Kier molecular flexibility index (Phi) is 5.59. The van der Waals surface area contributed by atoms with E-state index >= 15 is 0 Å². The topological polar surface area (TPSA) is 41.6 Å². The number of amides is 2. The minimum atomic E-state index is 0.0373. The highest BCUT2D eigenvalue weighted by molar-refractivity contribution is 7.98.